The lowest BCUT2D eigenvalue weighted by atomic mass is 10.1. The van der Waals surface area contributed by atoms with Gasteiger partial charge in [-0.15, -0.1) is 23.1 Å². The second kappa shape index (κ2) is 8.26. The number of rotatable bonds is 5. The van der Waals surface area contributed by atoms with Crippen molar-refractivity contribution in [1.82, 2.24) is 4.98 Å². The summed E-state index contributed by atoms with van der Waals surface area (Å²) in [7, 11) is 1.63. The van der Waals surface area contributed by atoms with E-state index in [1.807, 2.05) is 55.5 Å². The van der Waals surface area contributed by atoms with Gasteiger partial charge in [0.2, 0.25) is 11.8 Å². The molecule has 0 bridgehead atoms. The van der Waals surface area contributed by atoms with Gasteiger partial charge in [-0.2, -0.15) is 0 Å². The molecule has 1 aliphatic rings. The first-order chi connectivity index (χ1) is 14.0. The maximum Gasteiger partial charge on any atom is 0.246 e. The Morgan fingerprint density at radius 3 is 2.72 bits per heavy atom. The minimum Gasteiger partial charge on any atom is -0.497 e. The van der Waals surface area contributed by atoms with Gasteiger partial charge in [-0.3, -0.25) is 9.59 Å². The first-order valence-corrected chi connectivity index (χ1v) is 10.8. The van der Waals surface area contributed by atoms with Crippen LogP contribution in [0.1, 0.15) is 4.88 Å². The quantitative estimate of drug-likeness (QED) is 0.663. The number of carbonyl (C=O) groups excluding carboxylic acids is 2. The molecule has 0 spiro atoms. The zero-order valence-electron chi connectivity index (χ0n) is 16.0. The molecule has 148 valence electrons. The molecule has 0 radical (unpaired) electrons. The largest absolute Gasteiger partial charge is 0.497 e. The number of ether oxygens (including phenoxy) is 1. The number of hydrogen-bond acceptors (Lipinski definition) is 6. The van der Waals surface area contributed by atoms with Crippen LogP contribution in [0.25, 0.3) is 11.3 Å². The van der Waals surface area contributed by atoms with Gasteiger partial charge in [0.25, 0.3) is 0 Å². The van der Waals surface area contributed by atoms with E-state index >= 15 is 0 Å². The molecular weight excluding hydrogens is 406 g/mol. The van der Waals surface area contributed by atoms with E-state index in [4.69, 9.17) is 4.74 Å². The Balaban J connectivity index is 1.49. The lowest BCUT2D eigenvalue weighted by Gasteiger charge is -2.28. The number of para-hydroxylation sites is 1. The molecular formula is C21H19N3O3S2. The Kier molecular flexibility index (Phi) is 5.55. The van der Waals surface area contributed by atoms with E-state index in [0.29, 0.717) is 10.9 Å². The van der Waals surface area contributed by atoms with E-state index in [-0.39, 0.29) is 18.4 Å². The number of thiazole rings is 1. The van der Waals surface area contributed by atoms with E-state index in [9.17, 15) is 9.59 Å². The first kappa shape index (κ1) is 19.5. The molecule has 29 heavy (non-hydrogen) atoms. The SMILES string of the molecule is COc1ccc(-c2nc(NC(=O)CN3C(=O)CSc4ccccc43)sc2C)cc1. The van der Waals surface area contributed by atoms with Crippen LogP contribution >= 0.6 is 23.1 Å². The third-order valence-corrected chi connectivity index (χ3v) is 6.45. The number of fused-ring (bicyclic) bond motifs is 1. The van der Waals surface area contributed by atoms with Crippen molar-refractivity contribution in [2.45, 2.75) is 11.8 Å². The lowest BCUT2D eigenvalue weighted by molar-refractivity contribution is -0.120. The topological polar surface area (TPSA) is 71.5 Å². The summed E-state index contributed by atoms with van der Waals surface area (Å²) in [6, 6.07) is 15.3. The summed E-state index contributed by atoms with van der Waals surface area (Å²) >= 11 is 2.91. The molecule has 2 aromatic carbocycles. The van der Waals surface area contributed by atoms with Crippen LogP contribution in [-0.2, 0) is 9.59 Å². The smallest absolute Gasteiger partial charge is 0.246 e. The van der Waals surface area contributed by atoms with Crippen molar-refractivity contribution in [3.05, 3.63) is 53.4 Å². The molecule has 0 aliphatic carbocycles. The van der Waals surface area contributed by atoms with Crippen LogP contribution in [0.4, 0.5) is 10.8 Å². The van der Waals surface area contributed by atoms with Crippen molar-refractivity contribution in [2.24, 2.45) is 0 Å². The van der Waals surface area contributed by atoms with Gasteiger partial charge in [0, 0.05) is 15.3 Å². The number of nitrogens with zero attached hydrogens (tertiary/aromatic N) is 2. The molecule has 4 rings (SSSR count). The molecule has 1 aliphatic heterocycles. The van der Waals surface area contributed by atoms with Gasteiger partial charge in [0.05, 0.1) is 24.2 Å². The average Bonchev–Trinajstić information content (AvgIpc) is 3.10. The van der Waals surface area contributed by atoms with Crippen molar-refractivity contribution >= 4 is 45.7 Å². The number of thioether (sulfide) groups is 1. The highest BCUT2D eigenvalue weighted by Crippen LogP contribution is 2.35. The van der Waals surface area contributed by atoms with E-state index < -0.39 is 0 Å². The molecule has 2 amide bonds. The number of aromatic nitrogens is 1. The Hall–Kier alpha value is -2.84. The molecule has 1 aromatic heterocycles. The van der Waals surface area contributed by atoms with Crippen LogP contribution < -0.4 is 15.0 Å². The molecule has 6 nitrogen and oxygen atoms in total. The van der Waals surface area contributed by atoms with Crippen LogP contribution in [-0.4, -0.2) is 36.2 Å². The molecule has 2 heterocycles. The van der Waals surface area contributed by atoms with Gasteiger partial charge in [-0.25, -0.2) is 4.98 Å². The van der Waals surface area contributed by atoms with Gasteiger partial charge < -0.3 is 15.0 Å². The third kappa shape index (κ3) is 4.13. The maximum absolute atomic E-state index is 12.6. The number of hydrogen-bond donors (Lipinski definition) is 1. The van der Waals surface area contributed by atoms with E-state index in [1.165, 1.54) is 28.0 Å². The van der Waals surface area contributed by atoms with Gasteiger partial charge >= 0.3 is 0 Å². The number of methoxy groups -OCH3 is 1. The van der Waals surface area contributed by atoms with E-state index in [1.54, 1.807) is 7.11 Å². The summed E-state index contributed by atoms with van der Waals surface area (Å²) in [4.78, 5) is 33.1. The number of nitrogens with one attached hydrogen (secondary N) is 1. The van der Waals surface area contributed by atoms with Gasteiger partial charge in [0.1, 0.15) is 12.3 Å². The van der Waals surface area contributed by atoms with E-state index in [0.717, 1.165) is 32.5 Å². The Morgan fingerprint density at radius 2 is 1.97 bits per heavy atom. The van der Waals surface area contributed by atoms with Crippen LogP contribution in [0.15, 0.2) is 53.4 Å². The fourth-order valence-corrected chi connectivity index (χ4v) is 4.88. The lowest BCUT2D eigenvalue weighted by Crippen LogP contribution is -2.41. The molecule has 0 saturated carbocycles. The van der Waals surface area contributed by atoms with Crippen molar-refractivity contribution in [3.63, 3.8) is 0 Å². The summed E-state index contributed by atoms with van der Waals surface area (Å²) in [6.07, 6.45) is 0. The maximum atomic E-state index is 12.6. The highest BCUT2D eigenvalue weighted by atomic mass is 32.2. The fraction of sp³-hybridized carbons (Fsp3) is 0.190. The Morgan fingerprint density at radius 1 is 1.21 bits per heavy atom. The summed E-state index contributed by atoms with van der Waals surface area (Å²) in [5, 5.41) is 3.36. The zero-order chi connectivity index (χ0) is 20.4. The predicted molar refractivity (Wildman–Crippen MR) is 117 cm³/mol. The first-order valence-electron chi connectivity index (χ1n) is 8.99. The average molecular weight is 426 g/mol. The molecule has 0 saturated heterocycles. The van der Waals surface area contributed by atoms with Crippen molar-refractivity contribution in [2.75, 3.05) is 29.6 Å². The zero-order valence-corrected chi connectivity index (χ0v) is 17.6. The molecule has 3 aromatic rings. The standard InChI is InChI=1S/C21H19N3O3S2/c1-13-20(14-7-9-15(27-2)10-8-14)23-21(29-13)22-18(25)11-24-16-5-3-4-6-17(16)28-12-19(24)26/h3-10H,11-12H2,1-2H3,(H,22,23,25). The molecule has 0 atom stereocenters. The predicted octanol–water partition coefficient (Wildman–Crippen LogP) is 4.20. The summed E-state index contributed by atoms with van der Waals surface area (Å²) in [6.45, 7) is 1.93. The highest BCUT2D eigenvalue weighted by Gasteiger charge is 2.26. The normalized spacial score (nSPS) is 13.2. The molecule has 8 heteroatoms. The van der Waals surface area contributed by atoms with Gasteiger partial charge in [0.15, 0.2) is 5.13 Å². The minimum atomic E-state index is -0.268. The molecule has 0 fully saturated rings. The number of benzene rings is 2. The van der Waals surface area contributed by atoms with Crippen molar-refractivity contribution in [1.29, 1.82) is 0 Å². The van der Waals surface area contributed by atoms with Crippen LogP contribution in [0.3, 0.4) is 0 Å². The number of carbonyl (C=O) groups is 2. The fourth-order valence-electron chi connectivity index (χ4n) is 3.10. The van der Waals surface area contributed by atoms with Crippen LogP contribution in [0.2, 0.25) is 0 Å². The Labute approximate surface area is 176 Å². The van der Waals surface area contributed by atoms with E-state index in [2.05, 4.69) is 10.3 Å². The minimum absolute atomic E-state index is 0.0348. The van der Waals surface area contributed by atoms with Gasteiger partial charge in [-0.1, -0.05) is 12.1 Å². The second-order valence-corrected chi connectivity index (χ2v) is 8.66. The van der Waals surface area contributed by atoms with Gasteiger partial charge in [-0.05, 0) is 43.3 Å². The van der Waals surface area contributed by atoms with Crippen molar-refractivity contribution < 1.29 is 14.3 Å². The summed E-state index contributed by atoms with van der Waals surface area (Å²) in [5.41, 5.74) is 2.55. The molecule has 0 unspecified atom stereocenters. The Bertz CT molecular complexity index is 1060. The summed E-state index contributed by atoms with van der Waals surface area (Å²) < 4.78 is 5.19. The third-order valence-electron chi connectivity index (χ3n) is 4.52. The van der Waals surface area contributed by atoms with Crippen LogP contribution in [0.5, 0.6) is 5.75 Å². The van der Waals surface area contributed by atoms with Crippen LogP contribution in [0, 0.1) is 6.92 Å². The highest BCUT2D eigenvalue weighted by molar-refractivity contribution is 8.00. The summed E-state index contributed by atoms with van der Waals surface area (Å²) in [5.74, 6) is 0.774. The number of amides is 2. The number of aryl methyl sites for hydroxylation is 1. The number of anilines is 2. The second-order valence-electron chi connectivity index (χ2n) is 6.44. The van der Waals surface area contributed by atoms with Crippen molar-refractivity contribution in [3.8, 4) is 17.0 Å². The monoisotopic (exact) mass is 425 g/mol. The molecule has 1 N–H and O–H groups in total.